The van der Waals surface area contributed by atoms with Crippen LogP contribution in [-0.4, -0.2) is 24.3 Å². The number of benzene rings is 3. The number of nitrogens with zero attached hydrogens (tertiary/aromatic N) is 1. The molecule has 4 rings (SSSR count). The molecule has 3 aromatic rings. The summed E-state index contributed by atoms with van der Waals surface area (Å²) in [6.07, 6.45) is 0. The molecule has 35 heavy (non-hydrogen) atoms. The maximum atomic E-state index is 13.1. The highest BCUT2D eigenvalue weighted by Crippen LogP contribution is 2.34. The molecule has 0 unspecified atom stereocenters. The quantitative estimate of drug-likeness (QED) is 0.396. The van der Waals surface area contributed by atoms with Gasteiger partial charge in [-0.05, 0) is 61.9 Å². The molecule has 0 fully saturated rings. The number of rotatable bonds is 7. The fraction of sp³-hybridized carbons (Fsp3) is 0.115. The summed E-state index contributed by atoms with van der Waals surface area (Å²) in [5, 5.41) is 5.89. The largest absolute Gasteiger partial charge is 0.492 e. The van der Waals surface area contributed by atoms with Crippen molar-refractivity contribution in [1.29, 1.82) is 0 Å². The van der Waals surface area contributed by atoms with Crippen molar-refractivity contribution < 1.29 is 19.1 Å². The zero-order valence-electron chi connectivity index (χ0n) is 18.9. The predicted molar refractivity (Wildman–Crippen MR) is 137 cm³/mol. The maximum absolute atomic E-state index is 13.1. The first kappa shape index (κ1) is 24.3. The van der Waals surface area contributed by atoms with Crippen LogP contribution in [0.4, 0.5) is 17.1 Å². The van der Waals surface area contributed by atoms with E-state index in [-0.39, 0.29) is 16.6 Å². The summed E-state index contributed by atoms with van der Waals surface area (Å²) in [6.45, 7) is 4.03. The van der Waals surface area contributed by atoms with E-state index < -0.39 is 11.8 Å². The first-order valence-electron chi connectivity index (χ1n) is 10.8. The maximum Gasteiger partial charge on any atom is 0.283 e. The van der Waals surface area contributed by atoms with E-state index in [0.717, 1.165) is 4.90 Å². The van der Waals surface area contributed by atoms with Crippen molar-refractivity contribution in [3.8, 4) is 5.75 Å². The Morgan fingerprint density at radius 3 is 2.49 bits per heavy atom. The lowest BCUT2D eigenvalue weighted by Gasteiger charge is -2.18. The van der Waals surface area contributed by atoms with E-state index in [1.54, 1.807) is 67.6 Å². The van der Waals surface area contributed by atoms with Gasteiger partial charge in [0.2, 0.25) is 0 Å². The number of imide groups is 1. The highest BCUT2D eigenvalue weighted by Gasteiger charge is 2.39. The number of ether oxygens (including phenoxy) is 1. The molecule has 1 aliphatic heterocycles. The summed E-state index contributed by atoms with van der Waals surface area (Å²) in [5.74, 6) is -1.09. The van der Waals surface area contributed by atoms with Gasteiger partial charge in [0.05, 0.1) is 18.0 Å². The van der Waals surface area contributed by atoms with Crippen LogP contribution < -0.4 is 20.3 Å². The third-order valence-corrected chi connectivity index (χ3v) is 6.10. The number of carbonyl (C=O) groups is 3. The lowest BCUT2D eigenvalue weighted by atomic mass is 10.1. The molecule has 7 nitrogen and oxygen atoms in total. The molecule has 3 aromatic carbocycles. The lowest BCUT2D eigenvalue weighted by Crippen LogP contribution is -2.32. The Morgan fingerprint density at radius 1 is 0.971 bits per heavy atom. The molecule has 178 valence electrons. The molecule has 0 aromatic heterocycles. The highest BCUT2D eigenvalue weighted by molar-refractivity contribution is 6.53. The predicted octanol–water partition coefficient (Wildman–Crippen LogP) is 5.74. The number of para-hydroxylation sites is 2. The molecule has 9 heteroatoms. The van der Waals surface area contributed by atoms with Crippen LogP contribution in [0.2, 0.25) is 5.02 Å². The van der Waals surface area contributed by atoms with Gasteiger partial charge >= 0.3 is 0 Å². The minimum Gasteiger partial charge on any atom is -0.492 e. The van der Waals surface area contributed by atoms with E-state index in [1.165, 1.54) is 0 Å². The molecule has 2 N–H and O–H groups in total. The second-order valence-electron chi connectivity index (χ2n) is 7.61. The number of nitrogens with one attached hydrogen (secondary N) is 2. The van der Waals surface area contributed by atoms with Gasteiger partial charge in [-0.15, -0.1) is 0 Å². The third kappa shape index (κ3) is 4.87. The van der Waals surface area contributed by atoms with Crippen LogP contribution in [0.5, 0.6) is 5.75 Å². The van der Waals surface area contributed by atoms with Crippen LogP contribution in [0.25, 0.3) is 0 Å². The molecule has 0 saturated heterocycles. The van der Waals surface area contributed by atoms with E-state index in [4.69, 9.17) is 27.9 Å². The highest BCUT2D eigenvalue weighted by atomic mass is 35.5. The van der Waals surface area contributed by atoms with Gasteiger partial charge in [-0.1, -0.05) is 47.5 Å². The molecule has 0 saturated carbocycles. The number of amides is 3. The van der Waals surface area contributed by atoms with Gasteiger partial charge in [0.25, 0.3) is 17.7 Å². The average Bonchev–Trinajstić information content (AvgIpc) is 3.05. The van der Waals surface area contributed by atoms with E-state index >= 15 is 0 Å². The van der Waals surface area contributed by atoms with Crippen LogP contribution >= 0.6 is 23.2 Å². The van der Waals surface area contributed by atoms with Crippen molar-refractivity contribution in [2.75, 3.05) is 22.1 Å². The van der Waals surface area contributed by atoms with Gasteiger partial charge in [0, 0.05) is 16.3 Å². The molecule has 0 atom stereocenters. The zero-order chi connectivity index (χ0) is 25.1. The Bertz CT molecular complexity index is 1370. The molecule has 0 radical (unpaired) electrons. The molecule has 3 amide bonds. The zero-order valence-corrected chi connectivity index (χ0v) is 20.4. The lowest BCUT2D eigenvalue weighted by molar-refractivity contribution is -0.120. The minimum absolute atomic E-state index is 0.0877. The first-order valence-corrected chi connectivity index (χ1v) is 11.5. The van der Waals surface area contributed by atoms with E-state index in [0.29, 0.717) is 45.6 Å². The number of hydrogen-bond donors (Lipinski definition) is 2. The van der Waals surface area contributed by atoms with Gasteiger partial charge in [-0.2, -0.15) is 0 Å². The van der Waals surface area contributed by atoms with Gasteiger partial charge in [-0.25, -0.2) is 4.90 Å². The fourth-order valence-corrected chi connectivity index (χ4v) is 3.98. The third-order valence-electron chi connectivity index (χ3n) is 5.34. The van der Waals surface area contributed by atoms with Crippen molar-refractivity contribution in [3.63, 3.8) is 0 Å². The Balaban J connectivity index is 1.56. The van der Waals surface area contributed by atoms with Crippen molar-refractivity contribution in [2.24, 2.45) is 0 Å². The molecular formula is C26H21Cl2N3O4. The Morgan fingerprint density at radius 2 is 1.71 bits per heavy atom. The minimum atomic E-state index is -0.661. The molecule has 0 spiro atoms. The standard InChI is InChI=1S/C26H21Cl2N3O4/c1-3-35-21-13-5-4-11-19(21)30-24(32)16-8-6-9-17(14-16)29-23-22(28)25(33)31(26(23)34)20-12-7-10-18(27)15(20)2/h4-14,29H,3H2,1-2H3,(H,30,32). The molecular weight excluding hydrogens is 489 g/mol. The van der Waals surface area contributed by atoms with Crippen LogP contribution in [0, 0.1) is 6.92 Å². The number of anilines is 3. The van der Waals surface area contributed by atoms with Crippen LogP contribution in [0.15, 0.2) is 77.5 Å². The molecule has 0 bridgehead atoms. The van der Waals surface area contributed by atoms with E-state index in [2.05, 4.69) is 10.6 Å². The van der Waals surface area contributed by atoms with Gasteiger partial charge in [0.15, 0.2) is 0 Å². The number of hydrogen-bond acceptors (Lipinski definition) is 5. The van der Waals surface area contributed by atoms with Crippen LogP contribution in [-0.2, 0) is 9.59 Å². The molecule has 1 heterocycles. The normalized spacial score (nSPS) is 13.3. The molecule has 0 aliphatic carbocycles. The summed E-state index contributed by atoms with van der Waals surface area (Å²) in [6, 6.07) is 18.6. The summed E-state index contributed by atoms with van der Waals surface area (Å²) < 4.78 is 5.55. The Labute approximate surface area is 212 Å². The Hall–Kier alpha value is -3.81. The monoisotopic (exact) mass is 509 g/mol. The topological polar surface area (TPSA) is 87.7 Å². The van der Waals surface area contributed by atoms with Crippen LogP contribution in [0.3, 0.4) is 0 Å². The summed E-state index contributed by atoms with van der Waals surface area (Å²) in [5.41, 5.74) is 2.12. The second-order valence-corrected chi connectivity index (χ2v) is 8.39. The summed E-state index contributed by atoms with van der Waals surface area (Å²) in [7, 11) is 0. The SMILES string of the molecule is CCOc1ccccc1NC(=O)c1cccc(NC2=C(Cl)C(=O)N(c3cccc(Cl)c3C)C2=O)c1. The van der Waals surface area contributed by atoms with Crippen molar-refractivity contribution in [1.82, 2.24) is 0 Å². The van der Waals surface area contributed by atoms with Gasteiger partial charge < -0.3 is 15.4 Å². The fourth-order valence-electron chi connectivity index (χ4n) is 3.60. The van der Waals surface area contributed by atoms with Crippen LogP contribution in [0.1, 0.15) is 22.8 Å². The van der Waals surface area contributed by atoms with Gasteiger partial charge in [-0.3, -0.25) is 14.4 Å². The average molecular weight is 510 g/mol. The Kier molecular flexibility index (Phi) is 7.10. The van der Waals surface area contributed by atoms with Crippen molar-refractivity contribution in [3.05, 3.63) is 93.6 Å². The molecule has 1 aliphatic rings. The number of carbonyl (C=O) groups excluding carboxylic acids is 3. The van der Waals surface area contributed by atoms with Gasteiger partial charge in [0.1, 0.15) is 16.5 Å². The summed E-state index contributed by atoms with van der Waals surface area (Å²) in [4.78, 5) is 39.8. The van der Waals surface area contributed by atoms with E-state index in [9.17, 15) is 14.4 Å². The second kappa shape index (κ2) is 10.2. The van der Waals surface area contributed by atoms with E-state index in [1.807, 2.05) is 13.0 Å². The smallest absolute Gasteiger partial charge is 0.283 e. The number of halogens is 2. The van der Waals surface area contributed by atoms with Crippen molar-refractivity contribution in [2.45, 2.75) is 13.8 Å². The summed E-state index contributed by atoms with van der Waals surface area (Å²) >= 11 is 12.4. The first-order chi connectivity index (χ1) is 16.8. The van der Waals surface area contributed by atoms with Crippen molar-refractivity contribution >= 4 is 58.0 Å².